The molecule has 1 aromatic heterocycles. The van der Waals surface area contributed by atoms with Gasteiger partial charge in [0.05, 0.1) is 21.4 Å². The first-order valence-corrected chi connectivity index (χ1v) is 7.62. The van der Waals surface area contributed by atoms with Crippen molar-refractivity contribution in [3.05, 3.63) is 44.6 Å². The summed E-state index contributed by atoms with van der Waals surface area (Å²) in [6, 6.07) is 6.43. The van der Waals surface area contributed by atoms with Crippen LogP contribution in [0.5, 0.6) is 0 Å². The van der Waals surface area contributed by atoms with Crippen LogP contribution in [0.2, 0.25) is 10.0 Å². The van der Waals surface area contributed by atoms with Crippen molar-refractivity contribution in [1.29, 1.82) is 0 Å². The summed E-state index contributed by atoms with van der Waals surface area (Å²) in [6.07, 6.45) is 4.44. The van der Waals surface area contributed by atoms with Crippen LogP contribution in [0.25, 0.3) is 5.69 Å². The van der Waals surface area contributed by atoms with E-state index in [1.807, 2.05) is 24.4 Å². The van der Waals surface area contributed by atoms with E-state index < -0.39 is 0 Å². The smallest absolute Gasteiger partial charge is 0.0860 e. The highest BCUT2D eigenvalue weighted by molar-refractivity contribution is 9.10. The maximum Gasteiger partial charge on any atom is 0.0860 e. The van der Waals surface area contributed by atoms with Gasteiger partial charge in [0.1, 0.15) is 0 Å². The molecule has 1 aliphatic rings. The van der Waals surface area contributed by atoms with Gasteiger partial charge in [0.2, 0.25) is 0 Å². The molecule has 0 saturated heterocycles. The zero-order valence-electron chi connectivity index (χ0n) is 10.0. The third kappa shape index (κ3) is 2.97. The lowest BCUT2D eigenvalue weighted by Crippen LogP contribution is -2.15. The van der Waals surface area contributed by atoms with Crippen molar-refractivity contribution in [1.82, 2.24) is 15.1 Å². The Kier molecular flexibility index (Phi) is 3.85. The van der Waals surface area contributed by atoms with Crippen LogP contribution < -0.4 is 5.32 Å². The fourth-order valence-electron chi connectivity index (χ4n) is 1.82. The molecule has 0 aliphatic heterocycles. The number of hydrogen-bond acceptors (Lipinski definition) is 2. The molecule has 19 heavy (non-hydrogen) atoms. The number of hydrogen-bond donors (Lipinski definition) is 1. The first-order valence-electron chi connectivity index (χ1n) is 6.07. The molecule has 100 valence electrons. The first kappa shape index (κ1) is 13.4. The summed E-state index contributed by atoms with van der Waals surface area (Å²) < 4.78 is 2.54. The molecular formula is C13H12BrCl2N3. The van der Waals surface area contributed by atoms with Crippen LogP contribution >= 0.6 is 39.1 Å². The van der Waals surface area contributed by atoms with Crippen LogP contribution in [0.15, 0.2) is 28.9 Å². The van der Waals surface area contributed by atoms with Crippen molar-refractivity contribution >= 4 is 39.1 Å². The molecule has 1 aromatic carbocycles. The van der Waals surface area contributed by atoms with Crippen LogP contribution in [0.1, 0.15) is 18.5 Å². The van der Waals surface area contributed by atoms with Crippen LogP contribution in [0.3, 0.4) is 0 Å². The molecule has 6 heteroatoms. The Morgan fingerprint density at radius 1 is 1.26 bits per heavy atom. The predicted octanol–water partition coefficient (Wildman–Crippen LogP) is 4.19. The van der Waals surface area contributed by atoms with Crippen molar-refractivity contribution in [3.8, 4) is 5.69 Å². The summed E-state index contributed by atoms with van der Waals surface area (Å²) in [4.78, 5) is 0. The third-order valence-corrected chi connectivity index (χ3v) is 4.82. The Bertz CT molecular complexity index is 608. The van der Waals surface area contributed by atoms with Gasteiger partial charge in [0.25, 0.3) is 0 Å². The van der Waals surface area contributed by atoms with Crippen molar-refractivity contribution in [2.24, 2.45) is 0 Å². The summed E-state index contributed by atoms with van der Waals surface area (Å²) in [5.74, 6) is 0. The van der Waals surface area contributed by atoms with E-state index in [0.29, 0.717) is 16.1 Å². The predicted molar refractivity (Wildman–Crippen MR) is 81.1 cm³/mol. The van der Waals surface area contributed by atoms with E-state index in [-0.39, 0.29) is 0 Å². The Hall–Kier alpha value is -0.550. The summed E-state index contributed by atoms with van der Waals surface area (Å²) in [5.41, 5.74) is 1.79. The zero-order chi connectivity index (χ0) is 13.4. The largest absolute Gasteiger partial charge is 0.308 e. The number of aromatic nitrogens is 2. The summed E-state index contributed by atoms with van der Waals surface area (Å²) in [6.45, 7) is 0.791. The van der Waals surface area contributed by atoms with Gasteiger partial charge >= 0.3 is 0 Å². The molecule has 0 atom stereocenters. The molecule has 0 bridgehead atoms. The maximum absolute atomic E-state index is 6.24. The van der Waals surface area contributed by atoms with Crippen LogP contribution in [-0.4, -0.2) is 15.8 Å². The average molecular weight is 361 g/mol. The molecule has 0 unspecified atom stereocenters. The van der Waals surface area contributed by atoms with Crippen LogP contribution in [0, 0.1) is 0 Å². The van der Waals surface area contributed by atoms with Gasteiger partial charge in [-0.2, -0.15) is 5.10 Å². The first-order chi connectivity index (χ1) is 9.15. The van der Waals surface area contributed by atoms with Crippen molar-refractivity contribution in [3.63, 3.8) is 0 Å². The molecule has 3 rings (SSSR count). The number of benzene rings is 1. The van der Waals surface area contributed by atoms with E-state index >= 15 is 0 Å². The van der Waals surface area contributed by atoms with Gasteiger partial charge in [-0.05, 0) is 47.0 Å². The molecule has 1 heterocycles. The molecule has 3 nitrogen and oxygen atoms in total. The minimum Gasteiger partial charge on any atom is -0.308 e. The Labute approximate surface area is 130 Å². The van der Waals surface area contributed by atoms with E-state index in [2.05, 4.69) is 26.3 Å². The molecule has 1 N–H and O–H groups in total. The van der Waals surface area contributed by atoms with E-state index in [9.17, 15) is 0 Å². The SMILES string of the molecule is Clc1c(Br)ccc(-n2ccc(CNC3CC3)n2)c1Cl. The number of nitrogens with zero attached hydrogens (tertiary/aromatic N) is 2. The second-order valence-corrected chi connectivity index (χ2v) is 6.21. The van der Waals surface area contributed by atoms with Gasteiger partial charge in [-0.3, -0.25) is 0 Å². The highest BCUT2D eigenvalue weighted by Crippen LogP contribution is 2.34. The summed E-state index contributed by atoms with van der Waals surface area (Å²) >= 11 is 15.7. The Morgan fingerprint density at radius 2 is 2.05 bits per heavy atom. The lowest BCUT2D eigenvalue weighted by molar-refractivity contribution is 0.665. The molecule has 0 amide bonds. The highest BCUT2D eigenvalue weighted by atomic mass is 79.9. The lowest BCUT2D eigenvalue weighted by atomic mass is 10.3. The van der Waals surface area contributed by atoms with Gasteiger partial charge in [-0.1, -0.05) is 23.2 Å². The van der Waals surface area contributed by atoms with E-state index in [1.165, 1.54) is 12.8 Å². The molecule has 1 fully saturated rings. The standard InChI is InChI=1S/C13H12BrCl2N3/c14-10-3-4-11(13(16)12(10)15)19-6-5-9(18-19)7-17-8-1-2-8/h3-6,8,17H,1-2,7H2. The zero-order valence-corrected chi connectivity index (χ0v) is 13.1. The van der Waals surface area contributed by atoms with Crippen molar-refractivity contribution in [2.75, 3.05) is 0 Å². The minimum absolute atomic E-state index is 0.501. The third-order valence-electron chi connectivity index (χ3n) is 3.06. The Morgan fingerprint density at radius 3 is 2.79 bits per heavy atom. The molecule has 1 saturated carbocycles. The molecular weight excluding hydrogens is 349 g/mol. The van der Waals surface area contributed by atoms with Crippen LogP contribution in [0.4, 0.5) is 0 Å². The van der Waals surface area contributed by atoms with E-state index in [0.717, 1.165) is 22.4 Å². The number of halogens is 3. The summed E-state index contributed by atoms with van der Waals surface area (Å²) in [7, 11) is 0. The number of rotatable bonds is 4. The highest BCUT2D eigenvalue weighted by Gasteiger charge is 2.20. The minimum atomic E-state index is 0.501. The molecule has 0 spiro atoms. The summed E-state index contributed by atoms with van der Waals surface area (Å²) in [5, 5.41) is 8.95. The number of nitrogens with one attached hydrogen (secondary N) is 1. The quantitative estimate of drug-likeness (QED) is 0.828. The van der Waals surface area contributed by atoms with E-state index in [4.69, 9.17) is 23.2 Å². The molecule has 0 radical (unpaired) electrons. The lowest BCUT2D eigenvalue weighted by Gasteiger charge is -2.07. The molecule has 1 aliphatic carbocycles. The average Bonchev–Trinajstić information content (AvgIpc) is 3.12. The van der Waals surface area contributed by atoms with E-state index in [1.54, 1.807) is 4.68 Å². The van der Waals surface area contributed by atoms with Crippen LogP contribution in [-0.2, 0) is 6.54 Å². The van der Waals surface area contributed by atoms with Gasteiger partial charge in [-0.15, -0.1) is 0 Å². The van der Waals surface area contributed by atoms with Crippen molar-refractivity contribution < 1.29 is 0 Å². The maximum atomic E-state index is 6.24. The Balaban J connectivity index is 1.83. The van der Waals surface area contributed by atoms with Gasteiger partial charge in [0, 0.05) is 23.3 Å². The monoisotopic (exact) mass is 359 g/mol. The van der Waals surface area contributed by atoms with Crippen molar-refractivity contribution in [2.45, 2.75) is 25.4 Å². The topological polar surface area (TPSA) is 29.9 Å². The fourth-order valence-corrected chi connectivity index (χ4v) is 2.67. The normalized spacial score (nSPS) is 14.9. The van der Waals surface area contributed by atoms with Gasteiger partial charge < -0.3 is 5.32 Å². The second kappa shape index (κ2) is 5.44. The second-order valence-electron chi connectivity index (χ2n) is 4.60. The fraction of sp³-hybridized carbons (Fsp3) is 0.308. The van der Waals surface area contributed by atoms with Gasteiger partial charge in [0.15, 0.2) is 0 Å². The van der Waals surface area contributed by atoms with Gasteiger partial charge in [-0.25, -0.2) is 4.68 Å². The molecule has 2 aromatic rings.